The summed E-state index contributed by atoms with van der Waals surface area (Å²) in [4.78, 5) is 2.64. The van der Waals surface area contributed by atoms with E-state index < -0.39 is 0 Å². The Morgan fingerprint density at radius 2 is 1.95 bits per heavy atom. The number of nitrogens with zero attached hydrogens (tertiary/aromatic N) is 1. The van der Waals surface area contributed by atoms with E-state index in [-0.39, 0.29) is 0 Å². The zero-order chi connectivity index (χ0) is 14.4. The first-order valence-electron chi connectivity index (χ1n) is 8.20. The molecule has 1 aliphatic heterocycles. The lowest BCUT2D eigenvalue weighted by atomic mass is 9.79. The molecule has 0 radical (unpaired) electrons. The van der Waals surface area contributed by atoms with Crippen molar-refractivity contribution in [3.63, 3.8) is 0 Å². The van der Waals surface area contributed by atoms with Crippen molar-refractivity contribution in [3.8, 4) is 0 Å². The molecule has 3 nitrogen and oxygen atoms in total. The van der Waals surface area contributed by atoms with Crippen molar-refractivity contribution in [2.45, 2.75) is 45.6 Å². The Kier molecular flexibility index (Phi) is 6.53. The lowest BCUT2D eigenvalue weighted by molar-refractivity contribution is -0.0170. The van der Waals surface area contributed by atoms with Gasteiger partial charge < -0.3 is 14.4 Å². The normalized spacial score (nSPS) is 29.4. The zero-order valence-electron chi connectivity index (χ0n) is 13.4. The number of methoxy groups -OCH3 is 1. The molecule has 20 heavy (non-hydrogen) atoms. The Balaban J connectivity index is 1.71. The molecule has 0 N–H and O–H groups in total. The van der Waals surface area contributed by atoms with Crippen LogP contribution in [0.25, 0.3) is 0 Å². The van der Waals surface area contributed by atoms with E-state index in [4.69, 9.17) is 9.47 Å². The fourth-order valence-corrected chi connectivity index (χ4v) is 3.53. The molecule has 0 spiro atoms. The topological polar surface area (TPSA) is 21.7 Å². The number of allylic oxidation sites excluding steroid dienone is 1. The monoisotopic (exact) mass is 281 g/mol. The van der Waals surface area contributed by atoms with Crippen LogP contribution in [0.2, 0.25) is 0 Å². The maximum absolute atomic E-state index is 5.84. The maximum atomic E-state index is 5.84. The maximum Gasteiger partial charge on any atom is 0.0704 e. The van der Waals surface area contributed by atoms with Gasteiger partial charge in [-0.1, -0.05) is 18.6 Å². The number of rotatable bonds is 6. The smallest absolute Gasteiger partial charge is 0.0704 e. The molecule has 0 aromatic heterocycles. The lowest BCUT2D eigenvalue weighted by Crippen LogP contribution is -2.41. The average Bonchev–Trinajstić information content (AvgIpc) is 2.45. The van der Waals surface area contributed by atoms with Crippen LogP contribution in [-0.2, 0) is 9.47 Å². The summed E-state index contributed by atoms with van der Waals surface area (Å²) >= 11 is 0. The van der Waals surface area contributed by atoms with Gasteiger partial charge in [-0.05, 0) is 44.4 Å². The highest BCUT2D eigenvalue weighted by molar-refractivity contribution is 5.09. The van der Waals surface area contributed by atoms with Crippen LogP contribution in [0.3, 0.4) is 0 Å². The molecular weight excluding hydrogens is 250 g/mol. The van der Waals surface area contributed by atoms with Gasteiger partial charge in [-0.15, -0.1) is 0 Å². The molecule has 0 aromatic carbocycles. The molecule has 3 heteroatoms. The number of piperidine rings is 1. The summed E-state index contributed by atoms with van der Waals surface area (Å²) in [5.41, 5.74) is 1.61. The zero-order valence-corrected chi connectivity index (χ0v) is 13.4. The molecule has 2 atom stereocenters. The number of ether oxygens (including phenoxy) is 2. The van der Waals surface area contributed by atoms with Crippen LogP contribution in [-0.4, -0.2) is 51.0 Å². The SMILES string of the molecule is COCCOC1CCN(CC2C(C)=CCCC2C)CC1. The second kappa shape index (κ2) is 8.16. The minimum absolute atomic E-state index is 0.446. The van der Waals surface area contributed by atoms with Gasteiger partial charge in [0, 0.05) is 26.7 Å². The van der Waals surface area contributed by atoms with Crippen LogP contribution in [0.1, 0.15) is 39.5 Å². The van der Waals surface area contributed by atoms with Crippen molar-refractivity contribution in [3.05, 3.63) is 11.6 Å². The van der Waals surface area contributed by atoms with Crippen LogP contribution in [0.15, 0.2) is 11.6 Å². The molecule has 2 unspecified atom stereocenters. The molecule has 0 saturated carbocycles. The fraction of sp³-hybridized carbons (Fsp3) is 0.882. The molecule has 1 fully saturated rings. The van der Waals surface area contributed by atoms with Gasteiger partial charge in [0.1, 0.15) is 0 Å². The van der Waals surface area contributed by atoms with Crippen LogP contribution in [0.4, 0.5) is 0 Å². The fourth-order valence-electron chi connectivity index (χ4n) is 3.53. The van der Waals surface area contributed by atoms with E-state index in [1.54, 1.807) is 12.7 Å². The van der Waals surface area contributed by atoms with E-state index in [1.165, 1.54) is 45.3 Å². The van der Waals surface area contributed by atoms with E-state index in [0.717, 1.165) is 18.4 Å². The Bertz CT molecular complexity index is 308. The predicted octanol–water partition coefficient (Wildman–Crippen LogP) is 3.11. The largest absolute Gasteiger partial charge is 0.382 e. The Labute approximate surface area is 124 Å². The van der Waals surface area contributed by atoms with Gasteiger partial charge in [-0.2, -0.15) is 0 Å². The summed E-state index contributed by atoms with van der Waals surface area (Å²) in [5, 5.41) is 0. The van der Waals surface area contributed by atoms with Crippen LogP contribution >= 0.6 is 0 Å². The van der Waals surface area contributed by atoms with Gasteiger partial charge in [0.15, 0.2) is 0 Å². The molecule has 0 amide bonds. The number of hydrogen-bond donors (Lipinski definition) is 0. The van der Waals surface area contributed by atoms with E-state index in [0.29, 0.717) is 12.7 Å². The Morgan fingerprint density at radius 3 is 2.60 bits per heavy atom. The second-order valence-electron chi connectivity index (χ2n) is 6.47. The third kappa shape index (κ3) is 4.57. The summed E-state index contributed by atoms with van der Waals surface area (Å²) in [6.45, 7) is 9.81. The van der Waals surface area contributed by atoms with E-state index in [9.17, 15) is 0 Å². The molecular formula is C17H31NO2. The quantitative estimate of drug-likeness (QED) is 0.551. The van der Waals surface area contributed by atoms with Crippen LogP contribution < -0.4 is 0 Å². The highest BCUT2D eigenvalue weighted by Gasteiger charge is 2.27. The Morgan fingerprint density at radius 1 is 1.20 bits per heavy atom. The predicted molar refractivity (Wildman–Crippen MR) is 82.9 cm³/mol. The third-order valence-electron chi connectivity index (χ3n) is 4.99. The van der Waals surface area contributed by atoms with Crippen molar-refractivity contribution in [2.24, 2.45) is 11.8 Å². The molecule has 0 aromatic rings. The van der Waals surface area contributed by atoms with Gasteiger partial charge in [-0.3, -0.25) is 0 Å². The summed E-state index contributed by atoms with van der Waals surface area (Å²) in [6, 6.07) is 0. The van der Waals surface area contributed by atoms with Crippen molar-refractivity contribution in [1.29, 1.82) is 0 Å². The molecule has 0 bridgehead atoms. The van der Waals surface area contributed by atoms with Crippen LogP contribution in [0.5, 0.6) is 0 Å². The lowest BCUT2D eigenvalue weighted by Gasteiger charge is -2.37. The second-order valence-corrected chi connectivity index (χ2v) is 6.47. The summed E-state index contributed by atoms with van der Waals surface area (Å²) in [7, 11) is 1.73. The minimum atomic E-state index is 0.446. The highest BCUT2D eigenvalue weighted by Crippen LogP contribution is 2.31. The van der Waals surface area contributed by atoms with Gasteiger partial charge in [-0.25, -0.2) is 0 Å². The standard InChI is InChI=1S/C17H31NO2/c1-14-5-4-6-15(2)17(14)13-18-9-7-16(8-10-18)20-12-11-19-3/h5,15-17H,4,6-13H2,1-3H3. The number of hydrogen-bond acceptors (Lipinski definition) is 3. The van der Waals surface area contributed by atoms with Gasteiger partial charge in [0.2, 0.25) is 0 Å². The average molecular weight is 281 g/mol. The third-order valence-corrected chi connectivity index (χ3v) is 4.99. The minimum Gasteiger partial charge on any atom is -0.382 e. The molecule has 2 aliphatic rings. The first-order valence-corrected chi connectivity index (χ1v) is 8.20. The molecule has 2 rings (SSSR count). The molecule has 1 heterocycles. The van der Waals surface area contributed by atoms with E-state index in [2.05, 4.69) is 24.8 Å². The van der Waals surface area contributed by atoms with E-state index >= 15 is 0 Å². The summed E-state index contributed by atoms with van der Waals surface area (Å²) in [6.07, 6.45) is 7.88. The van der Waals surface area contributed by atoms with Gasteiger partial charge in [0.05, 0.1) is 19.3 Å². The van der Waals surface area contributed by atoms with Crippen molar-refractivity contribution in [1.82, 2.24) is 4.90 Å². The van der Waals surface area contributed by atoms with Gasteiger partial charge >= 0.3 is 0 Å². The Hall–Kier alpha value is -0.380. The van der Waals surface area contributed by atoms with Crippen molar-refractivity contribution >= 4 is 0 Å². The van der Waals surface area contributed by atoms with Gasteiger partial charge in [0.25, 0.3) is 0 Å². The molecule has 1 aliphatic carbocycles. The number of likely N-dealkylation sites (tertiary alicyclic amines) is 1. The molecule has 1 saturated heterocycles. The first-order chi connectivity index (χ1) is 9.70. The van der Waals surface area contributed by atoms with Crippen molar-refractivity contribution < 1.29 is 9.47 Å². The van der Waals surface area contributed by atoms with E-state index in [1.807, 2.05) is 0 Å². The van der Waals surface area contributed by atoms with Crippen molar-refractivity contribution in [2.75, 3.05) is 40.0 Å². The first kappa shape index (κ1) is 16.0. The van der Waals surface area contributed by atoms with Crippen LogP contribution in [0, 0.1) is 11.8 Å². The summed E-state index contributed by atoms with van der Waals surface area (Å²) in [5.74, 6) is 1.62. The summed E-state index contributed by atoms with van der Waals surface area (Å²) < 4.78 is 10.9. The highest BCUT2D eigenvalue weighted by atomic mass is 16.5. The molecule has 116 valence electrons.